The quantitative estimate of drug-likeness (QED) is 0.584. The number of fused-ring (bicyclic) bond motifs is 3. The standard InChI is InChI=1S/C15H12/c1-11-5-4-8-15-13(11)10-9-12-6-2-3-7-14(12)15/h2-4,6-10H,1,5H2. The third-order valence-electron chi connectivity index (χ3n) is 3.00. The van der Waals surface area contributed by atoms with E-state index in [0.29, 0.717) is 0 Å². The molecule has 72 valence electrons. The van der Waals surface area contributed by atoms with Crippen LogP contribution in [0.2, 0.25) is 0 Å². The van der Waals surface area contributed by atoms with Crippen LogP contribution in [0.4, 0.5) is 0 Å². The van der Waals surface area contributed by atoms with Crippen LogP contribution in [0.25, 0.3) is 22.4 Å². The van der Waals surface area contributed by atoms with Crippen molar-refractivity contribution in [3.05, 3.63) is 60.2 Å². The molecule has 15 heavy (non-hydrogen) atoms. The fraction of sp³-hybridized carbons (Fsp3) is 0.0667. The SMILES string of the molecule is C=C1CC=Cc2c1ccc1ccccc21. The van der Waals surface area contributed by atoms with Gasteiger partial charge in [0.15, 0.2) is 0 Å². The number of rotatable bonds is 0. The lowest BCUT2D eigenvalue weighted by molar-refractivity contribution is 1.38. The van der Waals surface area contributed by atoms with Crippen molar-refractivity contribution in [3.8, 4) is 0 Å². The Kier molecular flexibility index (Phi) is 1.75. The van der Waals surface area contributed by atoms with Gasteiger partial charge in [-0.2, -0.15) is 0 Å². The molecule has 2 aromatic carbocycles. The van der Waals surface area contributed by atoms with Crippen LogP contribution in [0, 0.1) is 0 Å². The molecule has 0 heteroatoms. The van der Waals surface area contributed by atoms with Gasteiger partial charge in [0.2, 0.25) is 0 Å². The van der Waals surface area contributed by atoms with Gasteiger partial charge in [0.25, 0.3) is 0 Å². The minimum atomic E-state index is 0.978. The van der Waals surface area contributed by atoms with Crippen LogP contribution >= 0.6 is 0 Å². The predicted molar refractivity (Wildman–Crippen MR) is 66.6 cm³/mol. The molecule has 0 N–H and O–H groups in total. The zero-order valence-corrected chi connectivity index (χ0v) is 8.53. The molecule has 0 amide bonds. The van der Waals surface area contributed by atoms with Crippen molar-refractivity contribution in [2.24, 2.45) is 0 Å². The van der Waals surface area contributed by atoms with E-state index in [1.165, 1.54) is 27.5 Å². The molecule has 0 aliphatic heterocycles. The van der Waals surface area contributed by atoms with Crippen molar-refractivity contribution in [1.29, 1.82) is 0 Å². The van der Waals surface area contributed by atoms with Gasteiger partial charge in [-0.05, 0) is 33.9 Å². The van der Waals surface area contributed by atoms with Crippen LogP contribution in [-0.2, 0) is 0 Å². The number of hydrogen-bond donors (Lipinski definition) is 0. The van der Waals surface area contributed by atoms with Gasteiger partial charge in [-0.1, -0.05) is 55.1 Å². The lowest BCUT2D eigenvalue weighted by atomic mass is 9.89. The van der Waals surface area contributed by atoms with E-state index < -0.39 is 0 Å². The summed E-state index contributed by atoms with van der Waals surface area (Å²) in [6.45, 7) is 4.11. The third-order valence-corrected chi connectivity index (χ3v) is 3.00. The van der Waals surface area contributed by atoms with Crippen molar-refractivity contribution in [2.75, 3.05) is 0 Å². The van der Waals surface area contributed by atoms with Gasteiger partial charge >= 0.3 is 0 Å². The normalized spacial score (nSPS) is 14.3. The van der Waals surface area contributed by atoms with E-state index in [-0.39, 0.29) is 0 Å². The Morgan fingerprint density at radius 2 is 1.87 bits per heavy atom. The third kappa shape index (κ3) is 1.22. The van der Waals surface area contributed by atoms with E-state index in [1.54, 1.807) is 0 Å². The molecule has 0 saturated heterocycles. The fourth-order valence-electron chi connectivity index (χ4n) is 2.21. The second-order valence-electron chi connectivity index (χ2n) is 3.96. The van der Waals surface area contributed by atoms with E-state index in [4.69, 9.17) is 0 Å². The highest BCUT2D eigenvalue weighted by Crippen LogP contribution is 2.32. The molecule has 2 aromatic rings. The lowest BCUT2D eigenvalue weighted by Gasteiger charge is -2.15. The van der Waals surface area contributed by atoms with Crippen LogP contribution in [0.5, 0.6) is 0 Å². The average molecular weight is 192 g/mol. The first kappa shape index (κ1) is 8.49. The zero-order chi connectivity index (χ0) is 10.3. The molecule has 0 saturated carbocycles. The van der Waals surface area contributed by atoms with Gasteiger partial charge in [0.1, 0.15) is 0 Å². The molecule has 0 radical (unpaired) electrons. The highest BCUT2D eigenvalue weighted by Gasteiger charge is 2.10. The summed E-state index contributed by atoms with van der Waals surface area (Å²) in [5, 5.41) is 2.63. The number of allylic oxidation sites excluding steroid dienone is 2. The Labute approximate surface area is 89.6 Å². The smallest absolute Gasteiger partial charge is 0.00938 e. The van der Waals surface area contributed by atoms with Crippen LogP contribution < -0.4 is 0 Å². The first-order chi connectivity index (χ1) is 7.36. The zero-order valence-electron chi connectivity index (χ0n) is 8.53. The predicted octanol–water partition coefficient (Wildman–Crippen LogP) is 4.27. The molecule has 0 bridgehead atoms. The van der Waals surface area contributed by atoms with Gasteiger partial charge in [0, 0.05) is 0 Å². The molecule has 0 nitrogen and oxygen atoms in total. The first-order valence-corrected chi connectivity index (χ1v) is 5.23. The van der Waals surface area contributed by atoms with Crippen molar-refractivity contribution in [2.45, 2.75) is 6.42 Å². The van der Waals surface area contributed by atoms with E-state index >= 15 is 0 Å². The summed E-state index contributed by atoms with van der Waals surface area (Å²) in [7, 11) is 0. The molecule has 0 fully saturated rings. The van der Waals surface area contributed by atoms with Gasteiger partial charge in [0.05, 0.1) is 0 Å². The number of hydrogen-bond acceptors (Lipinski definition) is 0. The lowest BCUT2D eigenvalue weighted by Crippen LogP contribution is -1.93. The van der Waals surface area contributed by atoms with Gasteiger partial charge in [-0.25, -0.2) is 0 Å². The largest absolute Gasteiger partial charge is 0.0949 e. The fourth-order valence-corrected chi connectivity index (χ4v) is 2.21. The maximum atomic E-state index is 4.11. The molecule has 0 spiro atoms. The second kappa shape index (κ2) is 3.09. The molecular weight excluding hydrogens is 180 g/mol. The van der Waals surface area contributed by atoms with Gasteiger partial charge < -0.3 is 0 Å². The summed E-state index contributed by atoms with van der Waals surface area (Å²) in [6, 6.07) is 12.9. The molecular formula is C15H12. The van der Waals surface area contributed by atoms with E-state index in [0.717, 1.165) is 6.42 Å². The molecule has 1 aliphatic rings. The highest BCUT2D eigenvalue weighted by atomic mass is 14.1. The average Bonchev–Trinajstić information content (AvgIpc) is 2.29. The summed E-state index contributed by atoms with van der Waals surface area (Å²) in [4.78, 5) is 0. The topological polar surface area (TPSA) is 0 Å². The number of benzene rings is 2. The minimum absolute atomic E-state index is 0.978. The van der Waals surface area contributed by atoms with Gasteiger partial charge in [-0.15, -0.1) is 0 Å². The Morgan fingerprint density at radius 1 is 1.00 bits per heavy atom. The summed E-state index contributed by atoms with van der Waals surface area (Å²) in [5.41, 5.74) is 3.85. The Balaban J connectivity index is 2.44. The molecule has 1 aliphatic carbocycles. The first-order valence-electron chi connectivity index (χ1n) is 5.23. The van der Waals surface area contributed by atoms with Gasteiger partial charge in [-0.3, -0.25) is 0 Å². The van der Waals surface area contributed by atoms with Crippen LogP contribution in [0.15, 0.2) is 49.1 Å². The monoisotopic (exact) mass is 192 g/mol. The highest BCUT2D eigenvalue weighted by molar-refractivity contribution is 5.97. The Morgan fingerprint density at radius 3 is 2.80 bits per heavy atom. The van der Waals surface area contributed by atoms with Crippen LogP contribution in [0.1, 0.15) is 17.5 Å². The minimum Gasteiger partial charge on any atom is -0.0949 e. The second-order valence-corrected chi connectivity index (χ2v) is 3.96. The van der Waals surface area contributed by atoms with Crippen molar-refractivity contribution >= 4 is 22.4 Å². The van der Waals surface area contributed by atoms with E-state index in [2.05, 4.69) is 55.1 Å². The Bertz CT molecular complexity index is 574. The Hall–Kier alpha value is -1.82. The molecule has 0 heterocycles. The van der Waals surface area contributed by atoms with Crippen LogP contribution in [-0.4, -0.2) is 0 Å². The summed E-state index contributed by atoms with van der Waals surface area (Å²) in [6.07, 6.45) is 5.38. The van der Waals surface area contributed by atoms with Crippen molar-refractivity contribution in [1.82, 2.24) is 0 Å². The molecule has 0 atom stereocenters. The maximum absolute atomic E-state index is 4.11. The van der Waals surface area contributed by atoms with Crippen molar-refractivity contribution in [3.63, 3.8) is 0 Å². The summed E-state index contributed by atoms with van der Waals surface area (Å²) in [5.74, 6) is 0. The van der Waals surface area contributed by atoms with E-state index in [9.17, 15) is 0 Å². The molecule has 0 aromatic heterocycles. The summed E-state index contributed by atoms with van der Waals surface area (Å²) >= 11 is 0. The van der Waals surface area contributed by atoms with Crippen LogP contribution in [0.3, 0.4) is 0 Å². The molecule has 3 rings (SSSR count). The molecule has 0 unspecified atom stereocenters. The van der Waals surface area contributed by atoms with Crippen molar-refractivity contribution < 1.29 is 0 Å². The van der Waals surface area contributed by atoms with E-state index in [1.807, 2.05) is 0 Å². The maximum Gasteiger partial charge on any atom is -0.00938 e. The summed E-state index contributed by atoms with van der Waals surface area (Å²) < 4.78 is 0.